The first-order valence-electron chi connectivity index (χ1n) is 9.30. The second-order valence-corrected chi connectivity index (χ2v) is 7.67. The Bertz CT molecular complexity index is 596. The fourth-order valence-corrected chi connectivity index (χ4v) is 4.06. The monoisotopic (exact) mass is 349 g/mol. The molecule has 7 heteroatoms. The van der Waals surface area contributed by atoms with Gasteiger partial charge in [0.05, 0.1) is 12.3 Å². The molecule has 1 saturated carbocycles. The Labute approximate surface area is 150 Å². The lowest BCUT2D eigenvalue weighted by molar-refractivity contribution is 0.0199. The van der Waals surface area contributed by atoms with Crippen molar-refractivity contribution in [2.75, 3.05) is 38.3 Å². The molecule has 3 rings (SSSR count). The minimum atomic E-state index is -0.0598. The van der Waals surface area contributed by atoms with Crippen molar-refractivity contribution in [2.45, 2.75) is 45.1 Å². The van der Waals surface area contributed by atoms with Crippen LogP contribution in [0.4, 0.5) is 10.6 Å². The van der Waals surface area contributed by atoms with Crippen LogP contribution in [-0.4, -0.2) is 55.2 Å². The number of ether oxygens (including phenoxy) is 1. The van der Waals surface area contributed by atoms with Crippen molar-refractivity contribution in [3.05, 3.63) is 11.8 Å². The minimum Gasteiger partial charge on any atom is -0.384 e. The number of hydrogen-bond donors (Lipinski definition) is 2. The molecule has 0 radical (unpaired) electrons. The molecule has 25 heavy (non-hydrogen) atoms. The maximum Gasteiger partial charge on any atom is 0.315 e. The first-order chi connectivity index (χ1) is 12.0. The minimum absolute atomic E-state index is 0.0598. The molecule has 1 aliphatic heterocycles. The van der Waals surface area contributed by atoms with Gasteiger partial charge in [0.25, 0.3) is 0 Å². The van der Waals surface area contributed by atoms with E-state index in [-0.39, 0.29) is 17.5 Å². The van der Waals surface area contributed by atoms with Crippen LogP contribution in [0.25, 0.3) is 0 Å². The number of urea groups is 1. The molecular weight excluding hydrogens is 318 g/mol. The van der Waals surface area contributed by atoms with Crippen LogP contribution < -0.4 is 15.5 Å². The number of methoxy groups -OCH3 is 1. The van der Waals surface area contributed by atoms with Crippen LogP contribution in [0, 0.1) is 12.3 Å². The highest BCUT2D eigenvalue weighted by molar-refractivity contribution is 5.74. The summed E-state index contributed by atoms with van der Waals surface area (Å²) in [6, 6.07) is 2.22. The number of piperidine rings is 1. The van der Waals surface area contributed by atoms with E-state index in [1.54, 1.807) is 7.11 Å². The predicted molar refractivity (Wildman–Crippen MR) is 97.9 cm³/mol. The summed E-state index contributed by atoms with van der Waals surface area (Å²) in [6.45, 7) is 5.27. The number of anilines is 1. The average Bonchev–Trinajstić information content (AvgIpc) is 2.88. The third-order valence-corrected chi connectivity index (χ3v) is 5.55. The molecule has 7 nitrogen and oxygen atoms in total. The summed E-state index contributed by atoms with van der Waals surface area (Å²) in [7, 11) is 3.71. The molecule has 140 valence electrons. The van der Waals surface area contributed by atoms with E-state index in [2.05, 4.69) is 26.7 Å². The lowest BCUT2D eigenvalue weighted by Crippen LogP contribution is -2.53. The number of carbonyl (C=O) groups is 1. The Kier molecular flexibility index (Phi) is 5.51. The quantitative estimate of drug-likeness (QED) is 0.822. The van der Waals surface area contributed by atoms with Crippen molar-refractivity contribution in [1.29, 1.82) is 0 Å². The van der Waals surface area contributed by atoms with Gasteiger partial charge < -0.3 is 20.3 Å². The number of nitrogens with zero attached hydrogens (tertiary/aromatic N) is 3. The van der Waals surface area contributed by atoms with Gasteiger partial charge in [0, 0.05) is 51.3 Å². The first kappa shape index (κ1) is 18.0. The van der Waals surface area contributed by atoms with Crippen molar-refractivity contribution in [3.8, 4) is 0 Å². The smallest absolute Gasteiger partial charge is 0.315 e. The Morgan fingerprint density at radius 3 is 2.84 bits per heavy atom. The van der Waals surface area contributed by atoms with Crippen LogP contribution in [0.15, 0.2) is 6.07 Å². The zero-order valence-electron chi connectivity index (χ0n) is 15.7. The number of hydrogen-bond acceptors (Lipinski definition) is 4. The maximum atomic E-state index is 12.3. The highest BCUT2D eigenvalue weighted by Gasteiger charge is 2.37. The fraction of sp³-hybridized carbons (Fsp3) is 0.778. The van der Waals surface area contributed by atoms with Crippen LogP contribution in [0.3, 0.4) is 0 Å². The Balaban J connectivity index is 1.49. The highest BCUT2D eigenvalue weighted by atomic mass is 16.5. The van der Waals surface area contributed by atoms with Crippen LogP contribution in [-0.2, 0) is 11.8 Å². The zero-order valence-corrected chi connectivity index (χ0v) is 15.7. The molecule has 0 spiro atoms. The Morgan fingerprint density at radius 1 is 1.44 bits per heavy atom. The van der Waals surface area contributed by atoms with E-state index in [1.807, 2.05) is 18.7 Å². The van der Waals surface area contributed by atoms with E-state index in [0.717, 1.165) is 56.9 Å². The maximum absolute atomic E-state index is 12.3. The molecule has 2 fully saturated rings. The molecule has 1 aromatic rings. The number of nitrogens with one attached hydrogen (secondary N) is 2. The molecule has 2 N–H and O–H groups in total. The van der Waals surface area contributed by atoms with Gasteiger partial charge in [0.2, 0.25) is 0 Å². The summed E-state index contributed by atoms with van der Waals surface area (Å²) >= 11 is 0. The average molecular weight is 349 g/mol. The molecule has 1 atom stereocenters. The number of aryl methyl sites for hydroxylation is 2. The third kappa shape index (κ3) is 4.26. The molecule has 0 aromatic carbocycles. The van der Waals surface area contributed by atoms with E-state index >= 15 is 0 Å². The van der Waals surface area contributed by atoms with E-state index in [0.29, 0.717) is 6.54 Å². The Hall–Kier alpha value is -1.76. The van der Waals surface area contributed by atoms with Crippen molar-refractivity contribution < 1.29 is 9.53 Å². The van der Waals surface area contributed by atoms with E-state index < -0.39 is 0 Å². The lowest BCUT2D eigenvalue weighted by atomic mass is 9.69. The predicted octanol–water partition coefficient (Wildman–Crippen LogP) is 1.81. The van der Waals surface area contributed by atoms with Crippen LogP contribution in [0.2, 0.25) is 0 Å². The molecule has 1 aromatic heterocycles. The molecule has 1 unspecified atom stereocenters. The number of aromatic nitrogens is 2. The van der Waals surface area contributed by atoms with Gasteiger partial charge in [-0.1, -0.05) is 6.42 Å². The largest absolute Gasteiger partial charge is 0.384 e. The summed E-state index contributed by atoms with van der Waals surface area (Å²) in [5.74, 6) is 1.12. The normalized spacial score (nSPS) is 22.4. The summed E-state index contributed by atoms with van der Waals surface area (Å²) < 4.78 is 7.24. The lowest BCUT2D eigenvalue weighted by Gasteiger charge is -2.41. The van der Waals surface area contributed by atoms with Crippen molar-refractivity contribution in [2.24, 2.45) is 12.5 Å². The molecule has 2 amide bonds. The van der Waals surface area contributed by atoms with Gasteiger partial charge in [-0.25, -0.2) is 4.79 Å². The van der Waals surface area contributed by atoms with Gasteiger partial charge in [-0.2, -0.15) is 5.10 Å². The second-order valence-electron chi connectivity index (χ2n) is 7.67. The fourth-order valence-electron chi connectivity index (χ4n) is 4.06. The Morgan fingerprint density at radius 2 is 2.24 bits per heavy atom. The zero-order chi connectivity index (χ0) is 17.9. The van der Waals surface area contributed by atoms with Crippen LogP contribution >= 0.6 is 0 Å². The van der Waals surface area contributed by atoms with Crippen LogP contribution in [0.5, 0.6) is 0 Å². The third-order valence-electron chi connectivity index (χ3n) is 5.55. The standard InChI is InChI=1S/C18H31N5O2/c1-14-10-16(22(2)21-14)23-9-4-6-15(11-23)20-17(24)19-12-18(13-25-3)7-5-8-18/h10,15H,4-9,11-13H2,1-3H3,(H2,19,20,24). The number of amides is 2. The van der Waals surface area contributed by atoms with Crippen molar-refractivity contribution >= 4 is 11.8 Å². The molecule has 2 heterocycles. The van der Waals surface area contributed by atoms with Gasteiger partial charge in [-0.3, -0.25) is 4.68 Å². The van der Waals surface area contributed by atoms with E-state index in [9.17, 15) is 4.79 Å². The molecular formula is C18H31N5O2. The van der Waals surface area contributed by atoms with Gasteiger partial charge in [-0.05, 0) is 32.6 Å². The molecule has 1 saturated heterocycles. The SMILES string of the molecule is COCC1(CNC(=O)NC2CCCN(c3cc(C)nn3C)C2)CCC1. The highest BCUT2D eigenvalue weighted by Crippen LogP contribution is 2.40. The summed E-state index contributed by atoms with van der Waals surface area (Å²) in [6.07, 6.45) is 5.59. The van der Waals surface area contributed by atoms with Crippen LogP contribution in [0.1, 0.15) is 37.8 Å². The van der Waals surface area contributed by atoms with E-state index in [4.69, 9.17) is 4.74 Å². The number of carbonyl (C=O) groups excluding carboxylic acids is 1. The summed E-state index contributed by atoms with van der Waals surface area (Å²) in [5.41, 5.74) is 1.17. The second kappa shape index (κ2) is 7.64. The summed E-state index contributed by atoms with van der Waals surface area (Å²) in [5, 5.41) is 10.6. The topological polar surface area (TPSA) is 71.4 Å². The van der Waals surface area contributed by atoms with Gasteiger partial charge in [0.15, 0.2) is 0 Å². The van der Waals surface area contributed by atoms with Gasteiger partial charge in [0.1, 0.15) is 5.82 Å². The van der Waals surface area contributed by atoms with Crippen molar-refractivity contribution in [3.63, 3.8) is 0 Å². The van der Waals surface area contributed by atoms with Gasteiger partial charge in [-0.15, -0.1) is 0 Å². The van der Waals surface area contributed by atoms with Gasteiger partial charge >= 0.3 is 6.03 Å². The molecule has 0 bridgehead atoms. The van der Waals surface area contributed by atoms with E-state index in [1.165, 1.54) is 6.42 Å². The number of rotatable bonds is 6. The van der Waals surface area contributed by atoms with Crippen molar-refractivity contribution in [1.82, 2.24) is 20.4 Å². The summed E-state index contributed by atoms with van der Waals surface area (Å²) in [4.78, 5) is 14.6. The first-order valence-corrected chi connectivity index (χ1v) is 9.30. The molecule has 1 aliphatic carbocycles. The molecule has 2 aliphatic rings.